The molecule has 0 spiro atoms. The molecule has 0 radical (unpaired) electrons. The minimum absolute atomic E-state index is 0.338. The van der Waals surface area contributed by atoms with Crippen molar-refractivity contribution in [2.75, 3.05) is 23.5 Å². The number of esters is 1. The fourth-order valence-electron chi connectivity index (χ4n) is 3.80. The predicted molar refractivity (Wildman–Crippen MR) is 119 cm³/mol. The molecule has 8 nitrogen and oxygen atoms in total. The van der Waals surface area contributed by atoms with Crippen molar-refractivity contribution in [2.45, 2.75) is 76.3 Å². The van der Waals surface area contributed by atoms with Crippen LogP contribution in [-0.2, 0) is 16.6 Å². The third kappa shape index (κ3) is 5.87. The molecule has 0 bridgehead atoms. The van der Waals surface area contributed by atoms with Crippen molar-refractivity contribution in [3.63, 3.8) is 0 Å². The highest BCUT2D eigenvalue weighted by Crippen LogP contribution is 2.35. The van der Waals surface area contributed by atoms with E-state index in [9.17, 15) is 14.4 Å². The molecule has 0 saturated heterocycles. The number of alkyl halides is 1. The van der Waals surface area contributed by atoms with E-state index in [1.807, 2.05) is 4.90 Å². The van der Waals surface area contributed by atoms with Gasteiger partial charge in [0.1, 0.15) is 22.6 Å². The molecule has 1 N–H and O–H groups in total. The number of unbranched alkanes of at least 4 members (excludes halogenated alkanes) is 6. The highest BCUT2D eigenvalue weighted by Gasteiger charge is 2.37. The first-order valence-corrected chi connectivity index (χ1v) is 11.3. The number of nitrogens with one attached hydrogen (secondary N) is 1. The molecule has 164 valence electrons. The number of carbonyl (C=O) groups is 1. The van der Waals surface area contributed by atoms with Gasteiger partial charge in [0.25, 0.3) is 5.56 Å². The maximum atomic E-state index is 12.3. The van der Waals surface area contributed by atoms with Crippen LogP contribution >= 0.6 is 15.9 Å². The molecular formula is C20H33BrN4O4. The lowest BCUT2D eigenvalue weighted by Gasteiger charge is -2.32. The fourth-order valence-corrected chi connectivity index (χ4v) is 4.50. The van der Waals surface area contributed by atoms with Gasteiger partial charge in [0.2, 0.25) is 0 Å². The highest BCUT2D eigenvalue weighted by molar-refractivity contribution is 9.09. The number of aromatic nitrogens is 2. The minimum atomic E-state index is -0.468. The number of ether oxygens (including phenoxy) is 1. The molecule has 0 saturated carbocycles. The Morgan fingerprint density at radius 3 is 2.38 bits per heavy atom. The summed E-state index contributed by atoms with van der Waals surface area (Å²) >= 11 is 3.68. The van der Waals surface area contributed by atoms with Crippen molar-refractivity contribution >= 4 is 33.4 Å². The van der Waals surface area contributed by atoms with E-state index in [0.29, 0.717) is 18.2 Å². The smallest absolute Gasteiger partial charge is 0.329 e. The number of rotatable bonds is 11. The van der Waals surface area contributed by atoms with E-state index >= 15 is 0 Å². The number of H-pyrrole nitrogens is 1. The average molecular weight is 473 g/mol. The number of aromatic amines is 1. The van der Waals surface area contributed by atoms with Crippen LogP contribution in [0.25, 0.3) is 0 Å². The van der Waals surface area contributed by atoms with E-state index in [2.05, 4.69) is 27.8 Å². The van der Waals surface area contributed by atoms with Crippen molar-refractivity contribution in [1.82, 2.24) is 9.55 Å². The topological polar surface area (TPSA) is 87.6 Å². The fraction of sp³-hybridized carbons (Fsp3) is 0.750. The molecule has 1 aliphatic heterocycles. The van der Waals surface area contributed by atoms with Gasteiger partial charge in [-0.1, -0.05) is 61.4 Å². The lowest BCUT2D eigenvalue weighted by Crippen LogP contribution is -2.44. The summed E-state index contributed by atoms with van der Waals surface area (Å²) in [7, 11) is 3.43. The number of hydrogen-bond donors (Lipinski definition) is 1. The zero-order valence-electron chi connectivity index (χ0n) is 17.9. The molecule has 2 unspecified atom stereocenters. The summed E-state index contributed by atoms with van der Waals surface area (Å²) in [6.45, 7) is 4.03. The van der Waals surface area contributed by atoms with Crippen LogP contribution < -0.4 is 21.0 Å². The van der Waals surface area contributed by atoms with Crippen LogP contribution in [0.1, 0.15) is 65.2 Å². The summed E-state index contributed by atoms with van der Waals surface area (Å²) in [6.07, 6.45) is 8.58. The van der Waals surface area contributed by atoms with E-state index in [1.54, 1.807) is 19.0 Å². The highest BCUT2D eigenvalue weighted by atomic mass is 79.9. The van der Waals surface area contributed by atoms with Gasteiger partial charge in [0.15, 0.2) is 0 Å². The van der Waals surface area contributed by atoms with Crippen molar-refractivity contribution < 1.29 is 9.53 Å². The van der Waals surface area contributed by atoms with E-state index in [-0.39, 0.29) is 17.0 Å². The first kappa shape index (κ1) is 23.5. The second-order valence-electron chi connectivity index (χ2n) is 7.73. The second kappa shape index (κ2) is 10.8. The van der Waals surface area contributed by atoms with Gasteiger partial charge < -0.3 is 14.5 Å². The molecular weight excluding hydrogens is 440 g/mol. The van der Waals surface area contributed by atoms with Gasteiger partial charge >= 0.3 is 11.7 Å². The molecule has 0 amide bonds. The van der Waals surface area contributed by atoms with Gasteiger partial charge in [-0.25, -0.2) is 4.79 Å². The maximum Gasteiger partial charge on any atom is 0.329 e. The SMILES string of the molecule is CCCCCCCCCC(OC(C)=O)C(Br)N1CN(C)c2c1n(C)c(=O)[nH]c2=O. The Hall–Kier alpha value is -1.77. The van der Waals surface area contributed by atoms with Crippen LogP contribution in [-0.4, -0.2) is 40.3 Å². The van der Waals surface area contributed by atoms with Gasteiger partial charge in [0, 0.05) is 21.0 Å². The number of fused-ring (bicyclic) bond motifs is 1. The summed E-state index contributed by atoms with van der Waals surface area (Å²) in [5, 5.41) is 0. The van der Waals surface area contributed by atoms with Crippen LogP contribution in [0.5, 0.6) is 0 Å². The second-order valence-corrected chi connectivity index (χ2v) is 8.67. The Bertz CT molecular complexity index is 807. The molecule has 0 aromatic carbocycles. The van der Waals surface area contributed by atoms with Crippen LogP contribution in [0.4, 0.5) is 11.5 Å². The number of halogens is 1. The average Bonchev–Trinajstić information content (AvgIpc) is 3.01. The first-order valence-electron chi connectivity index (χ1n) is 10.4. The van der Waals surface area contributed by atoms with Crippen LogP contribution in [0.2, 0.25) is 0 Å². The number of hydrogen-bond acceptors (Lipinski definition) is 6. The van der Waals surface area contributed by atoms with E-state index in [4.69, 9.17) is 4.74 Å². The summed E-state index contributed by atoms with van der Waals surface area (Å²) in [4.78, 5) is 41.8. The van der Waals surface area contributed by atoms with Crippen molar-refractivity contribution in [3.8, 4) is 0 Å². The lowest BCUT2D eigenvalue weighted by molar-refractivity contribution is -0.146. The number of nitrogens with zero attached hydrogens (tertiary/aromatic N) is 3. The standard InChI is InChI=1S/C20H33BrN4O4/c1-5-6-7-8-9-10-11-12-15(29-14(2)26)17(21)25-13-23(3)16-18(27)22-20(28)24(4)19(16)25/h15,17H,5-13H2,1-4H3,(H,22,27,28). The van der Waals surface area contributed by atoms with Crippen LogP contribution in [0.3, 0.4) is 0 Å². The van der Waals surface area contributed by atoms with Crippen LogP contribution in [0.15, 0.2) is 9.59 Å². The van der Waals surface area contributed by atoms with Gasteiger partial charge in [-0.3, -0.25) is 19.1 Å². The summed E-state index contributed by atoms with van der Waals surface area (Å²) in [5.74, 6) is 0.190. The zero-order chi connectivity index (χ0) is 21.6. The Morgan fingerprint density at radius 1 is 1.14 bits per heavy atom. The zero-order valence-corrected chi connectivity index (χ0v) is 19.5. The van der Waals surface area contributed by atoms with Crippen molar-refractivity contribution in [2.24, 2.45) is 7.05 Å². The first-order chi connectivity index (χ1) is 13.8. The molecule has 2 atom stereocenters. The van der Waals surface area contributed by atoms with Gasteiger partial charge in [-0.2, -0.15) is 0 Å². The normalized spacial score (nSPS) is 15.3. The van der Waals surface area contributed by atoms with E-state index < -0.39 is 11.2 Å². The third-order valence-electron chi connectivity index (χ3n) is 5.30. The number of carbonyl (C=O) groups excluding carboxylic acids is 1. The summed E-state index contributed by atoms with van der Waals surface area (Å²) < 4.78 is 7.02. The quantitative estimate of drug-likeness (QED) is 0.230. The van der Waals surface area contributed by atoms with E-state index in [0.717, 1.165) is 19.3 Å². The molecule has 9 heteroatoms. The Morgan fingerprint density at radius 2 is 1.76 bits per heavy atom. The monoisotopic (exact) mass is 472 g/mol. The predicted octanol–water partition coefficient (Wildman–Crippen LogP) is 3.08. The molecule has 0 aliphatic carbocycles. The van der Waals surface area contributed by atoms with E-state index in [1.165, 1.54) is 43.6 Å². The summed E-state index contributed by atoms with van der Waals surface area (Å²) in [5.41, 5.74) is -0.442. The van der Waals surface area contributed by atoms with Gasteiger partial charge in [-0.15, -0.1) is 0 Å². The van der Waals surface area contributed by atoms with Gasteiger partial charge in [0.05, 0.1) is 6.67 Å². The number of anilines is 2. The minimum Gasteiger partial charge on any atom is -0.459 e. The van der Waals surface area contributed by atoms with Gasteiger partial charge in [-0.05, 0) is 12.8 Å². The molecule has 1 aromatic heterocycles. The Kier molecular flexibility index (Phi) is 8.79. The molecule has 1 aliphatic rings. The molecule has 2 heterocycles. The molecule has 0 fully saturated rings. The maximum absolute atomic E-state index is 12.3. The Labute approximate surface area is 180 Å². The largest absolute Gasteiger partial charge is 0.459 e. The molecule has 1 aromatic rings. The van der Waals surface area contributed by atoms with Crippen molar-refractivity contribution in [3.05, 3.63) is 20.8 Å². The van der Waals surface area contributed by atoms with Crippen LogP contribution in [0, 0.1) is 0 Å². The third-order valence-corrected chi connectivity index (χ3v) is 6.39. The molecule has 29 heavy (non-hydrogen) atoms. The Balaban J connectivity index is 2.11. The lowest BCUT2D eigenvalue weighted by atomic mass is 10.1. The van der Waals surface area contributed by atoms with Crippen molar-refractivity contribution in [1.29, 1.82) is 0 Å². The molecule has 2 rings (SSSR count). The summed E-state index contributed by atoms with van der Waals surface area (Å²) in [6, 6.07) is 0.